The van der Waals surface area contributed by atoms with Gasteiger partial charge in [0.2, 0.25) is 0 Å². The molecule has 0 N–H and O–H groups in total. The number of hydrogen-bond acceptors (Lipinski definition) is 4. The first-order valence-corrected chi connectivity index (χ1v) is 7.15. The molecule has 0 spiro atoms. The highest BCUT2D eigenvalue weighted by molar-refractivity contribution is 5.69. The normalized spacial score (nSPS) is 15.3. The summed E-state index contributed by atoms with van der Waals surface area (Å²) in [6.45, 7) is 4.49. The SMILES string of the molecule is CCOC(=O)CCc1ccc(N2CCCCC2)nc1. The second-order valence-corrected chi connectivity index (χ2v) is 4.88. The van der Waals surface area contributed by atoms with Crippen LogP contribution in [0.1, 0.15) is 38.2 Å². The van der Waals surface area contributed by atoms with Gasteiger partial charge in [-0.05, 0) is 44.2 Å². The fourth-order valence-corrected chi connectivity index (χ4v) is 2.35. The van der Waals surface area contributed by atoms with E-state index >= 15 is 0 Å². The highest BCUT2D eigenvalue weighted by atomic mass is 16.5. The Bertz CT molecular complexity index is 397. The number of aromatic nitrogens is 1. The number of carbonyl (C=O) groups excluding carboxylic acids is 1. The molecule has 1 fully saturated rings. The van der Waals surface area contributed by atoms with Crippen LogP contribution in [0.5, 0.6) is 0 Å². The Labute approximate surface area is 114 Å². The number of carbonyl (C=O) groups is 1. The molecule has 0 saturated carbocycles. The van der Waals surface area contributed by atoms with Crippen LogP contribution in [-0.2, 0) is 16.0 Å². The van der Waals surface area contributed by atoms with E-state index < -0.39 is 0 Å². The highest BCUT2D eigenvalue weighted by Gasteiger charge is 2.11. The van der Waals surface area contributed by atoms with Gasteiger partial charge in [-0.15, -0.1) is 0 Å². The van der Waals surface area contributed by atoms with Gasteiger partial charge in [0.15, 0.2) is 0 Å². The predicted octanol–water partition coefficient (Wildman–Crippen LogP) is 2.57. The second kappa shape index (κ2) is 7.12. The lowest BCUT2D eigenvalue weighted by Gasteiger charge is -2.27. The van der Waals surface area contributed by atoms with Gasteiger partial charge in [0.1, 0.15) is 5.82 Å². The number of pyridine rings is 1. The average Bonchev–Trinajstić information content (AvgIpc) is 2.47. The van der Waals surface area contributed by atoms with E-state index in [4.69, 9.17) is 4.74 Å². The van der Waals surface area contributed by atoms with Crippen LogP contribution in [0, 0.1) is 0 Å². The second-order valence-electron chi connectivity index (χ2n) is 4.88. The first-order chi connectivity index (χ1) is 9.29. The largest absolute Gasteiger partial charge is 0.466 e. The predicted molar refractivity (Wildman–Crippen MR) is 75.3 cm³/mol. The summed E-state index contributed by atoms with van der Waals surface area (Å²) in [4.78, 5) is 18.1. The van der Waals surface area contributed by atoms with Crippen LogP contribution >= 0.6 is 0 Å². The van der Waals surface area contributed by atoms with Gasteiger partial charge >= 0.3 is 5.97 Å². The number of ether oxygens (including phenoxy) is 1. The Morgan fingerprint density at radius 3 is 2.74 bits per heavy atom. The lowest BCUT2D eigenvalue weighted by molar-refractivity contribution is -0.143. The third-order valence-corrected chi connectivity index (χ3v) is 3.41. The highest BCUT2D eigenvalue weighted by Crippen LogP contribution is 2.17. The Balaban J connectivity index is 1.85. The summed E-state index contributed by atoms with van der Waals surface area (Å²) >= 11 is 0. The molecule has 1 aliphatic rings. The topological polar surface area (TPSA) is 42.4 Å². The van der Waals surface area contributed by atoms with Crippen molar-refractivity contribution < 1.29 is 9.53 Å². The molecule has 0 unspecified atom stereocenters. The molecule has 0 atom stereocenters. The van der Waals surface area contributed by atoms with Crippen molar-refractivity contribution in [3.05, 3.63) is 23.9 Å². The van der Waals surface area contributed by atoms with Gasteiger partial charge in [-0.2, -0.15) is 0 Å². The van der Waals surface area contributed by atoms with Crippen LogP contribution in [0.4, 0.5) is 5.82 Å². The average molecular weight is 262 g/mol. The number of rotatable bonds is 5. The Morgan fingerprint density at radius 2 is 2.11 bits per heavy atom. The number of aryl methyl sites for hydroxylation is 1. The summed E-state index contributed by atoms with van der Waals surface area (Å²) in [7, 11) is 0. The molecule has 2 rings (SSSR count). The van der Waals surface area contributed by atoms with Crippen LogP contribution in [-0.4, -0.2) is 30.6 Å². The fourth-order valence-electron chi connectivity index (χ4n) is 2.35. The molecule has 0 aliphatic carbocycles. The summed E-state index contributed by atoms with van der Waals surface area (Å²) < 4.78 is 4.91. The van der Waals surface area contributed by atoms with Gasteiger partial charge in [0.05, 0.1) is 6.61 Å². The van der Waals surface area contributed by atoms with E-state index in [9.17, 15) is 4.79 Å². The van der Waals surface area contributed by atoms with Crippen molar-refractivity contribution in [2.45, 2.75) is 39.0 Å². The summed E-state index contributed by atoms with van der Waals surface area (Å²) in [5.41, 5.74) is 1.09. The quantitative estimate of drug-likeness (QED) is 0.765. The smallest absolute Gasteiger partial charge is 0.306 e. The number of anilines is 1. The summed E-state index contributed by atoms with van der Waals surface area (Å²) in [5.74, 6) is 0.919. The van der Waals surface area contributed by atoms with Gasteiger partial charge < -0.3 is 9.64 Å². The van der Waals surface area contributed by atoms with Gasteiger partial charge in [0, 0.05) is 25.7 Å². The zero-order valence-corrected chi connectivity index (χ0v) is 11.6. The zero-order chi connectivity index (χ0) is 13.5. The minimum Gasteiger partial charge on any atom is -0.466 e. The van der Waals surface area contributed by atoms with Crippen LogP contribution in [0.25, 0.3) is 0 Å². The van der Waals surface area contributed by atoms with Crippen molar-refractivity contribution in [2.24, 2.45) is 0 Å². The summed E-state index contributed by atoms with van der Waals surface area (Å²) in [6, 6.07) is 4.13. The Hall–Kier alpha value is -1.58. The van der Waals surface area contributed by atoms with E-state index in [1.54, 1.807) is 0 Å². The molecule has 4 nitrogen and oxygen atoms in total. The first kappa shape index (κ1) is 13.8. The molecule has 1 saturated heterocycles. The van der Waals surface area contributed by atoms with E-state index in [0.717, 1.165) is 24.5 Å². The van der Waals surface area contributed by atoms with Gasteiger partial charge in [-0.25, -0.2) is 4.98 Å². The Morgan fingerprint density at radius 1 is 1.32 bits per heavy atom. The van der Waals surface area contributed by atoms with Gasteiger partial charge in [-0.3, -0.25) is 4.79 Å². The molecule has 2 heterocycles. The molecule has 0 amide bonds. The van der Waals surface area contributed by atoms with Crippen molar-refractivity contribution >= 4 is 11.8 Å². The zero-order valence-electron chi connectivity index (χ0n) is 11.6. The maximum absolute atomic E-state index is 11.3. The lowest BCUT2D eigenvalue weighted by atomic mass is 10.1. The molecule has 4 heteroatoms. The van der Waals surface area contributed by atoms with Gasteiger partial charge in [0.25, 0.3) is 0 Å². The van der Waals surface area contributed by atoms with Gasteiger partial charge in [-0.1, -0.05) is 6.07 Å². The van der Waals surface area contributed by atoms with E-state index in [2.05, 4.69) is 22.0 Å². The maximum Gasteiger partial charge on any atom is 0.306 e. The Kier molecular flexibility index (Phi) is 5.19. The monoisotopic (exact) mass is 262 g/mol. The molecular weight excluding hydrogens is 240 g/mol. The van der Waals surface area contributed by atoms with E-state index in [-0.39, 0.29) is 5.97 Å². The van der Waals surface area contributed by atoms with E-state index in [1.807, 2.05) is 13.1 Å². The summed E-state index contributed by atoms with van der Waals surface area (Å²) in [6.07, 6.45) is 6.85. The number of nitrogens with zero attached hydrogens (tertiary/aromatic N) is 2. The lowest BCUT2D eigenvalue weighted by Crippen LogP contribution is -2.30. The molecule has 1 aliphatic heterocycles. The molecule has 0 aromatic carbocycles. The number of esters is 1. The van der Waals surface area contributed by atoms with E-state index in [0.29, 0.717) is 19.4 Å². The fraction of sp³-hybridized carbons (Fsp3) is 0.600. The number of hydrogen-bond donors (Lipinski definition) is 0. The minimum absolute atomic E-state index is 0.136. The van der Waals surface area contributed by atoms with Crippen LogP contribution in [0.15, 0.2) is 18.3 Å². The van der Waals surface area contributed by atoms with Crippen molar-refractivity contribution in [1.82, 2.24) is 4.98 Å². The van der Waals surface area contributed by atoms with Crippen LogP contribution < -0.4 is 4.90 Å². The van der Waals surface area contributed by atoms with Crippen LogP contribution in [0.3, 0.4) is 0 Å². The minimum atomic E-state index is -0.136. The molecule has 0 radical (unpaired) electrons. The molecule has 1 aromatic rings. The molecule has 0 bridgehead atoms. The van der Waals surface area contributed by atoms with Crippen molar-refractivity contribution in [2.75, 3.05) is 24.6 Å². The summed E-state index contributed by atoms with van der Waals surface area (Å²) in [5, 5.41) is 0. The third-order valence-electron chi connectivity index (χ3n) is 3.41. The maximum atomic E-state index is 11.3. The molecule has 19 heavy (non-hydrogen) atoms. The van der Waals surface area contributed by atoms with Crippen molar-refractivity contribution in [3.63, 3.8) is 0 Å². The number of piperidine rings is 1. The van der Waals surface area contributed by atoms with E-state index in [1.165, 1.54) is 19.3 Å². The molecule has 1 aromatic heterocycles. The first-order valence-electron chi connectivity index (χ1n) is 7.15. The third kappa shape index (κ3) is 4.23. The van der Waals surface area contributed by atoms with Crippen molar-refractivity contribution in [1.29, 1.82) is 0 Å². The standard InChI is InChI=1S/C15H22N2O2/c1-2-19-15(18)9-7-13-6-8-14(16-12-13)17-10-4-3-5-11-17/h6,8,12H,2-5,7,9-11H2,1H3. The van der Waals surface area contributed by atoms with Crippen molar-refractivity contribution in [3.8, 4) is 0 Å². The molecular formula is C15H22N2O2. The van der Waals surface area contributed by atoms with Crippen LogP contribution in [0.2, 0.25) is 0 Å². The molecule has 104 valence electrons.